The number of hydrogen-bond acceptors (Lipinski definition) is 0. The van der Waals surface area contributed by atoms with Gasteiger partial charge in [-0.3, -0.25) is 0 Å². The zero-order valence-corrected chi connectivity index (χ0v) is 10.6. The van der Waals surface area contributed by atoms with Crippen LogP contribution in [0.15, 0.2) is 11.6 Å². The molecule has 1 spiro atoms. The first-order valence-corrected chi connectivity index (χ1v) is 6.65. The van der Waals surface area contributed by atoms with Gasteiger partial charge in [-0.1, -0.05) is 32.4 Å². The van der Waals surface area contributed by atoms with Crippen molar-refractivity contribution in [1.82, 2.24) is 0 Å². The molecule has 0 heterocycles. The van der Waals surface area contributed by atoms with E-state index in [1.165, 1.54) is 25.7 Å². The predicted molar refractivity (Wildman–Crippen MR) is 64.6 cm³/mol. The van der Waals surface area contributed by atoms with Crippen LogP contribution in [0.3, 0.4) is 0 Å². The van der Waals surface area contributed by atoms with Crippen molar-refractivity contribution in [3.8, 4) is 0 Å². The Bertz CT molecular complexity index is 323. The van der Waals surface area contributed by atoms with E-state index >= 15 is 0 Å². The zero-order chi connectivity index (χ0) is 10.8. The standard InChI is InChI=1S/C15H24/c1-10-7-8-15-9-12(10)14(3,4)13(15)6-5-11(15)2/h7,11-13H,5-6,8-9H2,1-4H3/t11-,12-,13+,15+/m1/s1. The quantitative estimate of drug-likeness (QED) is 0.513. The smallest absolute Gasteiger partial charge is 0.0146 e. The first-order chi connectivity index (χ1) is 6.98. The highest BCUT2D eigenvalue weighted by atomic mass is 14.7. The monoisotopic (exact) mass is 204 g/mol. The third kappa shape index (κ3) is 0.990. The van der Waals surface area contributed by atoms with Crippen molar-refractivity contribution >= 4 is 0 Å². The Hall–Kier alpha value is -0.260. The van der Waals surface area contributed by atoms with Gasteiger partial charge in [-0.15, -0.1) is 0 Å². The summed E-state index contributed by atoms with van der Waals surface area (Å²) >= 11 is 0. The molecule has 2 bridgehead atoms. The first-order valence-electron chi connectivity index (χ1n) is 6.65. The molecule has 3 aliphatic rings. The maximum absolute atomic E-state index is 2.57. The highest BCUT2D eigenvalue weighted by Gasteiger charge is 2.62. The van der Waals surface area contributed by atoms with Gasteiger partial charge in [-0.05, 0) is 61.2 Å². The summed E-state index contributed by atoms with van der Waals surface area (Å²) in [6.07, 6.45) is 8.41. The van der Waals surface area contributed by atoms with Gasteiger partial charge >= 0.3 is 0 Å². The van der Waals surface area contributed by atoms with Crippen LogP contribution < -0.4 is 0 Å². The Morgan fingerprint density at radius 1 is 1.27 bits per heavy atom. The second-order valence-electron chi connectivity index (χ2n) is 6.99. The molecule has 2 fully saturated rings. The van der Waals surface area contributed by atoms with Gasteiger partial charge in [0.05, 0.1) is 0 Å². The summed E-state index contributed by atoms with van der Waals surface area (Å²) in [7, 11) is 0. The lowest BCUT2D eigenvalue weighted by atomic mass is 9.68. The normalized spacial score (nSPS) is 51.5. The van der Waals surface area contributed by atoms with E-state index < -0.39 is 0 Å². The Morgan fingerprint density at radius 2 is 2.00 bits per heavy atom. The summed E-state index contributed by atoms with van der Waals surface area (Å²) < 4.78 is 0. The first kappa shape index (κ1) is 9.93. The molecule has 0 aromatic carbocycles. The predicted octanol–water partition coefficient (Wildman–Crippen LogP) is 4.42. The van der Waals surface area contributed by atoms with Gasteiger partial charge in [0.1, 0.15) is 0 Å². The highest BCUT2D eigenvalue weighted by molar-refractivity contribution is 5.25. The van der Waals surface area contributed by atoms with Crippen LogP contribution in [0, 0.1) is 28.6 Å². The van der Waals surface area contributed by atoms with Crippen LogP contribution in [-0.2, 0) is 0 Å². The zero-order valence-electron chi connectivity index (χ0n) is 10.6. The van der Waals surface area contributed by atoms with Crippen molar-refractivity contribution in [1.29, 1.82) is 0 Å². The number of fused-ring (bicyclic) bond motifs is 1. The molecule has 15 heavy (non-hydrogen) atoms. The summed E-state index contributed by atoms with van der Waals surface area (Å²) in [6, 6.07) is 0. The lowest BCUT2D eigenvalue weighted by molar-refractivity contribution is 0.128. The Balaban J connectivity index is 2.11. The third-order valence-electron chi connectivity index (χ3n) is 6.30. The van der Waals surface area contributed by atoms with Gasteiger partial charge < -0.3 is 0 Å². The van der Waals surface area contributed by atoms with E-state index in [4.69, 9.17) is 0 Å². The van der Waals surface area contributed by atoms with Crippen molar-refractivity contribution in [3.05, 3.63) is 11.6 Å². The average molecular weight is 204 g/mol. The number of allylic oxidation sites excluding steroid dienone is 2. The van der Waals surface area contributed by atoms with Crippen molar-refractivity contribution < 1.29 is 0 Å². The molecule has 4 atom stereocenters. The number of rotatable bonds is 0. The van der Waals surface area contributed by atoms with Gasteiger partial charge in [0.2, 0.25) is 0 Å². The van der Waals surface area contributed by atoms with E-state index in [1.807, 2.05) is 0 Å². The van der Waals surface area contributed by atoms with Crippen LogP contribution >= 0.6 is 0 Å². The molecule has 0 N–H and O–H groups in total. The van der Waals surface area contributed by atoms with Crippen LogP contribution in [0.1, 0.15) is 53.4 Å². The van der Waals surface area contributed by atoms with Crippen LogP contribution in [0.25, 0.3) is 0 Å². The Morgan fingerprint density at radius 3 is 2.73 bits per heavy atom. The van der Waals surface area contributed by atoms with E-state index in [1.54, 1.807) is 5.57 Å². The summed E-state index contributed by atoms with van der Waals surface area (Å²) in [5, 5.41) is 0. The largest absolute Gasteiger partial charge is 0.0847 e. The molecule has 84 valence electrons. The molecule has 3 aliphatic carbocycles. The molecule has 0 aromatic rings. The molecule has 0 nitrogen and oxygen atoms in total. The van der Waals surface area contributed by atoms with Gasteiger partial charge in [0.25, 0.3) is 0 Å². The topological polar surface area (TPSA) is 0 Å². The Labute approximate surface area is 94.1 Å². The van der Waals surface area contributed by atoms with Crippen LogP contribution in [-0.4, -0.2) is 0 Å². The molecule has 0 heteroatoms. The fourth-order valence-electron chi connectivity index (χ4n) is 5.35. The maximum atomic E-state index is 2.57. The Kier molecular flexibility index (Phi) is 1.79. The summed E-state index contributed by atoms with van der Waals surface area (Å²) in [5.74, 6) is 2.86. The lowest BCUT2D eigenvalue weighted by Gasteiger charge is -2.36. The van der Waals surface area contributed by atoms with Crippen LogP contribution in [0.4, 0.5) is 0 Å². The second kappa shape index (κ2) is 2.70. The lowest BCUT2D eigenvalue weighted by Crippen LogP contribution is -2.30. The third-order valence-corrected chi connectivity index (χ3v) is 6.30. The summed E-state index contributed by atoms with van der Waals surface area (Å²) in [4.78, 5) is 0. The van der Waals surface area contributed by atoms with Crippen molar-refractivity contribution in [3.63, 3.8) is 0 Å². The van der Waals surface area contributed by atoms with Crippen LogP contribution in [0.2, 0.25) is 0 Å². The van der Waals surface area contributed by atoms with E-state index in [9.17, 15) is 0 Å². The minimum atomic E-state index is 0.571. The molecule has 2 saturated carbocycles. The van der Waals surface area contributed by atoms with Gasteiger partial charge in [-0.2, -0.15) is 0 Å². The SMILES string of the molecule is CC1=CC[C@@]23C[C@H]1C(C)(C)[C@@H]2CC[C@H]3C. The van der Waals surface area contributed by atoms with E-state index in [-0.39, 0.29) is 0 Å². The maximum Gasteiger partial charge on any atom is -0.0146 e. The average Bonchev–Trinajstić information content (AvgIpc) is 2.57. The fourth-order valence-corrected chi connectivity index (χ4v) is 5.35. The van der Waals surface area contributed by atoms with Gasteiger partial charge in [-0.25, -0.2) is 0 Å². The minimum Gasteiger partial charge on any atom is -0.0847 e. The van der Waals surface area contributed by atoms with E-state index in [0.29, 0.717) is 10.8 Å². The molecule has 0 aromatic heterocycles. The summed E-state index contributed by atoms with van der Waals surface area (Å²) in [5.41, 5.74) is 2.96. The molecule has 0 amide bonds. The molecule has 0 unspecified atom stereocenters. The van der Waals surface area contributed by atoms with E-state index in [0.717, 1.165) is 17.8 Å². The van der Waals surface area contributed by atoms with Crippen molar-refractivity contribution in [2.75, 3.05) is 0 Å². The van der Waals surface area contributed by atoms with Crippen molar-refractivity contribution in [2.45, 2.75) is 53.4 Å². The van der Waals surface area contributed by atoms with E-state index in [2.05, 4.69) is 33.8 Å². The highest BCUT2D eigenvalue weighted by Crippen LogP contribution is 2.71. The number of hydrogen-bond donors (Lipinski definition) is 0. The molecule has 0 radical (unpaired) electrons. The van der Waals surface area contributed by atoms with Gasteiger partial charge in [0.15, 0.2) is 0 Å². The molecule has 3 rings (SSSR count). The molecular weight excluding hydrogens is 180 g/mol. The molecule has 0 saturated heterocycles. The summed E-state index contributed by atoms with van der Waals surface area (Å²) in [6.45, 7) is 9.94. The fraction of sp³-hybridized carbons (Fsp3) is 0.867. The van der Waals surface area contributed by atoms with Crippen molar-refractivity contribution in [2.24, 2.45) is 28.6 Å². The molecule has 0 aliphatic heterocycles. The van der Waals surface area contributed by atoms with Gasteiger partial charge in [0, 0.05) is 0 Å². The second-order valence-corrected chi connectivity index (χ2v) is 6.99. The minimum absolute atomic E-state index is 0.571. The van der Waals surface area contributed by atoms with Crippen LogP contribution in [0.5, 0.6) is 0 Å². The molecular formula is C15H24.